The first-order chi connectivity index (χ1) is 7.09. The molecule has 1 aromatic carbocycles. The molecule has 0 spiro atoms. The smallest absolute Gasteiger partial charge is 0.267 e. The minimum absolute atomic E-state index is 0.173. The van der Waals surface area contributed by atoms with Crippen molar-refractivity contribution in [2.75, 3.05) is 0 Å². The number of carbonyl (C=O) groups is 1. The molecule has 1 aromatic heterocycles. The molecule has 0 aliphatic heterocycles. The Labute approximate surface area is 95.8 Å². The first kappa shape index (κ1) is 10.2. The Hall–Kier alpha value is -1.32. The standard InChI is InChI=1S/C10H6Cl2N2O/c11-6-2-3-7(12)9-5(6)1-4-8(14-9)10(13)15/h1-4H,(H2,13,15). The maximum atomic E-state index is 10.9. The van der Waals surface area contributed by atoms with Gasteiger partial charge in [-0.1, -0.05) is 23.2 Å². The maximum absolute atomic E-state index is 10.9. The highest BCUT2D eigenvalue weighted by Gasteiger charge is 2.08. The molecule has 1 heterocycles. The van der Waals surface area contributed by atoms with Crippen molar-refractivity contribution in [1.29, 1.82) is 0 Å². The summed E-state index contributed by atoms with van der Waals surface area (Å²) in [5.74, 6) is -0.590. The maximum Gasteiger partial charge on any atom is 0.267 e. The lowest BCUT2D eigenvalue weighted by molar-refractivity contribution is 0.0996. The number of amides is 1. The molecule has 2 rings (SSSR count). The number of aromatic nitrogens is 1. The molecule has 1 amide bonds. The Bertz CT molecular complexity index is 554. The predicted molar refractivity (Wildman–Crippen MR) is 60.3 cm³/mol. The summed E-state index contributed by atoms with van der Waals surface area (Å²) in [6.45, 7) is 0. The molecule has 76 valence electrons. The monoisotopic (exact) mass is 240 g/mol. The molecule has 0 fully saturated rings. The molecule has 0 saturated heterocycles. The van der Waals surface area contributed by atoms with Gasteiger partial charge in [0.25, 0.3) is 5.91 Å². The van der Waals surface area contributed by atoms with Crippen LogP contribution in [0.2, 0.25) is 10.0 Å². The normalized spacial score (nSPS) is 10.5. The van der Waals surface area contributed by atoms with E-state index in [-0.39, 0.29) is 5.69 Å². The van der Waals surface area contributed by atoms with E-state index in [0.29, 0.717) is 20.9 Å². The number of primary amides is 1. The topological polar surface area (TPSA) is 56.0 Å². The molecule has 2 N–H and O–H groups in total. The van der Waals surface area contributed by atoms with Gasteiger partial charge in [-0.05, 0) is 24.3 Å². The number of pyridine rings is 1. The highest BCUT2D eigenvalue weighted by atomic mass is 35.5. The first-order valence-corrected chi connectivity index (χ1v) is 4.90. The second kappa shape index (κ2) is 3.68. The van der Waals surface area contributed by atoms with E-state index in [9.17, 15) is 4.79 Å². The van der Waals surface area contributed by atoms with Crippen molar-refractivity contribution in [2.24, 2.45) is 5.73 Å². The van der Waals surface area contributed by atoms with Gasteiger partial charge in [0.15, 0.2) is 0 Å². The van der Waals surface area contributed by atoms with Gasteiger partial charge in [-0.15, -0.1) is 0 Å². The van der Waals surface area contributed by atoms with Crippen LogP contribution in [0.1, 0.15) is 10.5 Å². The lowest BCUT2D eigenvalue weighted by Gasteiger charge is -2.03. The fourth-order valence-corrected chi connectivity index (χ4v) is 1.71. The van der Waals surface area contributed by atoms with Crippen molar-refractivity contribution >= 4 is 40.0 Å². The van der Waals surface area contributed by atoms with Crippen LogP contribution in [0.15, 0.2) is 24.3 Å². The zero-order valence-corrected chi connectivity index (χ0v) is 9.01. The zero-order chi connectivity index (χ0) is 11.0. The Morgan fingerprint density at radius 3 is 2.47 bits per heavy atom. The largest absolute Gasteiger partial charge is 0.364 e. The van der Waals surface area contributed by atoms with Gasteiger partial charge < -0.3 is 5.73 Å². The van der Waals surface area contributed by atoms with Gasteiger partial charge in [0.1, 0.15) is 5.69 Å². The SMILES string of the molecule is NC(=O)c1ccc2c(Cl)ccc(Cl)c2n1. The summed E-state index contributed by atoms with van der Waals surface area (Å²) in [4.78, 5) is 15.0. The molecular formula is C10H6Cl2N2O. The number of hydrogen-bond donors (Lipinski definition) is 1. The van der Waals surface area contributed by atoms with Crippen molar-refractivity contribution in [3.05, 3.63) is 40.0 Å². The van der Waals surface area contributed by atoms with Crippen molar-refractivity contribution in [2.45, 2.75) is 0 Å². The van der Waals surface area contributed by atoms with Crippen molar-refractivity contribution in [3.8, 4) is 0 Å². The van der Waals surface area contributed by atoms with Gasteiger partial charge in [0.2, 0.25) is 0 Å². The van der Waals surface area contributed by atoms with Crippen LogP contribution in [-0.2, 0) is 0 Å². The molecule has 0 aliphatic rings. The van der Waals surface area contributed by atoms with Crippen LogP contribution >= 0.6 is 23.2 Å². The van der Waals surface area contributed by atoms with Gasteiger partial charge in [0, 0.05) is 5.39 Å². The van der Waals surface area contributed by atoms with Crippen LogP contribution in [0.4, 0.5) is 0 Å². The van der Waals surface area contributed by atoms with Gasteiger partial charge in [-0.2, -0.15) is 0 Å². The van der Waals surface area contributed by atoms with Crippen LogP contribution < -0.4 is 5.73 Å². The van der Waals surface area contributed by atoms with E-state index < -0.39 is 5.91 Å². The summed E-state index contributed by atoms with van der Waals surface area (Å²) in [6, 6.07) is 6.51. The summed E-state index contributed by atoms with van der Waals surface area (Å²) >= 11 is 11.9. The number of fused-ring (bicyclic) bond motifs is 1. The number of halogens is 2. The third kappa shape index (κ3) is 1.76. The Balaban J connectivity index is 2.81. The summed E-state index contributed by atoms with van der Waals surface area (Å²) in [7, 11) is 0. The van der Waals surface area contributed by atoms with Crippen molar-refractivity contribution in [3.63, 3.8) is 0 Å². The quantitative estimate of drug-likeness (QED) is 0.834. The molecule has 3 nitrogen and oxygen atoms in total. The van der Waals surface area contributed by atoms with E-state index in [1.807, 2.05) is 0 Å². The number of benzene rings is 1. The summed E-state index contributed by atoms with van der Waals surface area (Å²) < 4.78 is 0. The number of nitrogens with zero attached hydrogens (tertiary/aromatic N) is 1. The Kier molecular flexibility index (Phi) is 2.50. The second-order valence-electron chi connectivity index (χ2n) is 2.99. The second-order valence-corrected chi connectivity index (χ2v) is 3.80. The average Bonchev–Trinajstić information content (AvgIpc) is 2.23. The molecule has 0 bridgehead atoms. The van der Waals surface area contributed by atoms with Crippen molar-refractivity contribution < 1.29 is 4.79 Å². The highest BCUT2D eigenvalue weighted by molar-refractivity contribution is 6.39. The molecular weight excluding hydrogens is 235 g/mol. The third-order valence-electron chi connectivity index (χ3n) is 2.01. The predicted octanol–water partition coefficient (Wildman–Crippen LogP) is 2.64. The van der Waals surface area contributed by atoms with E-state index in [0.717, 1.165) is 0 Å². The van der Waals surface area contributed by atoms with E-state index in [4.69, 9.17) is 28.9 Å². The van der Waals surface area contributed by atoms with Crippen LogP contribution in [0, 0.1) is 0 Å². The fraction of sp³-hybridized carbons (Fsp3) is 0. The number of carbonyl (C=O) groups excluding carboxylic acids is 1. The summed E-state index contributed by atoms with van der Waals surface area (Å²) in [6.07, 6.45) is 0. The minimum Gasteiger partial charge on any atom is -0.364 e. The average molecular weight is 241 g/mol. The molecule has 15 heavy (non-hydrogen) atoms. The van der Waals surface area contributed by atoms with E-state index in [1.54, 1.807) is 18.2 Å². The molecule has 0 radical (unpaired) electrons. The lowest BCUT2D eigenvalue weighted by atomic mass is 10.2. The summed E-state index contributed by atoms with van der Waals surface area (Å²) in [5.41, 5.74) is 5.77. The Morgan fingerprint density at radius 1 is 1.13 bits per heavy atom. The molecule has 5 heteroatoms. The van der Waals surface area contributed by atoms with E-state index >= 15 is 0 Å². The van der Waals surface area contributed by atoms with Gasteiger partial charge in [-0.25, -0.2) is 4.98 Å². The lowest BCUT2D eigenvalue weighted by Crippen LogP contribution is -2.12. The number of nitrogens with two attached hydrogens (primary N) is 1. The van der Waals surface area contributed by atoms with Crippen LogP contribution in [-0.4, -0.2) is 10.9 Å². The van der Waals surface area contributed by atoms with Crippen molar-refractivity contribution in [1.82, 2.24) is 4.98 Å². The number of hydrogen-bond acceptors (Lipinski definition) is 2. The highest BCUT2D eigenvalue weighted by Crippen LogP contribution is 2.28. The Morgan fingerprint density at radius 2 is 1.80 bits per heavy atom. The minimum atomic E-state index is -0.590. The molecule has 0 saturated carbocycles. The van der Waals surface area contributed by atoms with Crippen LogP contribution in [0.5, 0.6) is 0 Å². The van der Waals surface area contributed by atoms with Gasteiger partial charge >= 0.3 is 0 Å². The molecule has 0 aliphatic carbocycles. The molecule has 0 atom stereocenters. The number of rotatable bonds is 1. The van der Waals surface area contributed by atoms with Gasteiger partial charge in [-0.3, -0.25) is 4.79 Å². The summed E-state index contributed by atoms with van der Waals surface area (Å²) in [5, 5.41) is 1.68. The molecule has 0 unspecified atom stereocenters. The third-order valence-corrected chi connectivity index (χ3v) is 2.64. The first-order valence-electron chi connectivity index (χ1n) is 4.14. The van der Waals surface area contributed by atoms with Gasteiger partial charge in [0.05, 0.1) is 15.6 Å². The zero-order valence-electron chi connectivity index (χ0n) is 7.50. The van der Waals surface area contributed by atoms with E-state index in [2.05, 4.69) is 4.98 Å². The molecule has 2 aromatic rings. The van der Waals surface area contributed by atoms with Crippen LogP contribution in [0.3, 0.4) is 0 Å². The van der Waals surface area contributed by atoms with Crippen LogP contribution in [0.25, 0.3) is 10.9 Å². The fourth-order valence-electron chi connectivity index (χ4n) is 1.29. The van der Waals surface area contributed by atoms with E-state index in [1.165, 1.54) is 6.07 Å².